The summed E-state index contributed by atoms with van der Waals surface area (Å²) in [7, 11) is 0. The Bertz CT molecular complexity index is 544. The first-order valence-electron chi connectivity index (χ1n) is 4.95. The molecule has 2 aromatic rings. The molecule has 0 amide bonds. The molecule has 16 heavy (non-hydrogen) atoms. The molecule has 0 bridgehead atoms. The Morgan fingerprint density at radius 1 is 1.38 bits per heavy atom. The summed E-state index contributed by atoms with van der Waals surface area (Å²) in [4.78, 5) is 10.9. The lowest BCUT2D eigenvalue weighted by atomic mass is 10.1. The van der Waals surface area contributed by atoms with Gasteiger partial charge < -0.3 is 5.11 Å². The molecule has 0 saturated carbocycles. The minimum atomic E-state index is -0.982. The van der Waals surface area contributed by atoms with E-state index in [4.69, 9.17) is 5.11 Å². The topological polar surface area (TPSA) is 66.0 Å². The zero-order chi connectivity index (χ0) is 11.7. The summed E-state index contributed by atoms with van der Waals surface area (Å²) in [5, 5.41) is 15.5. The van der Waals surface area contributed by atoms with Crippen molar-refractivity contribution in [1.82, 2.24) is 10.2 Å². The van der Waals surface area contributed by atoms with Crippen molar-refractivity contribution in [3.63, 3.8) is 0 Å². The third kappa shape index (κ3) is 1.69. The first-order valence-corrected chi connectivity index (χ1v) is 4.95. The minimum Gasteiger partial charge on any atom is -0.477 e. The smallest absolute Gasteiger partial charge is 0.354 e. The molecule has 4 heteroatoms. The van der Waals surface area contributed by atoms with Crippen LogP contribution in [0, 0.1) is 13.8 Å². The highest BCUT2D eigenvalue weighted by Gasteiger charge is 2.15. The van der Waals surface area contributed by atoms with Crippen molar-refractivity contribution in [2.75, 3.05) is 0 Å². The van der Waals surface area contributed by atoms with Gasteiger partial charge in [-0.1, -0.05) is 23.8 Å². The molecule has 0 radical (unpaired) electrons. The van der Waals surface area contributed by atoms with Gasteiger partial charge in [0.15, 0.2) is 0 Å². The Kier molecular flexibility index (Phi) is 2.48. The lowest BCUT2D eigenvalue weighted by Crippen LogP contribution is -1.98. The Labute approximate surface area is 92.9 Å². The number of aromatic amines is 1. The predicted molar refractivity (Wildman–Crippen MR) is 60.5 cm³/mol. The second kappa shape index (κ2) is 3.81. The van der Waals surface area contributed by atoms with Gasteiger partial charge in [0, 0.05) is 11.1 Å². The minimum absolute atomic E-state index is 0.150. The Morgan fingerprint density at radius 3 is 2.69 bits per heavy atom. The van der Waals surface area contributed by atoms with Gasteiger partial charge in [0.1, 0.15) is 5.69 Å². The Hall–Kier alpha value is -2.10. The molecule has 2 rings (SSSR count). The number of carboxylic acid groups (broad SMARTS) is 1. The van der Waals surface area contributed by atoms with Crippen LogP contribution in [0.2, 0.25) is 0 Å². The fraction of sp³-hybridized carbons (Fsp3) is 0.167. The van der Waals surface area contributed by atoms with Gasteiger partial charge in [0.2, 0.25) is 0 Å². The third-order valence-corrected chi connectivity index (χ3v) is 2.52. The molecular formula is C12H12N2O2. The van der Waals surface area contributed by atoms with Crippen LogP contribution in [-0.2, 0) is 0 Å². The number of H-pyrrole nitrogens is 1. The second-order valence-electron chi connectivity index (χ2n) is 3.75. The summed E-state index contributed by atoms with van der Waals surface area (Å²) in [6, 6.07) is 7.82. The van der Waals surface area contributed by atoms with E-state index in [9.17, 15) is 4.79 Å². The Balaban J connectivity index is 2.53. The van der Waals surface area contributed by atoms with E-state index < -0.39 is 5.97 Å². The van der Waals surface area contributed by atoms with E-state index >= 15 is 0 Å². The molecule has 0 atom stereocenters. The number of hydrogen-bond acceptors (Lipinski definition) is 2. The lowest BCUT2D eigenvalue weighted by Gasteiger charge is -1.99. The number of carboxylic acids is 1. The molecule has 0 aliphatic heterocycles. The number of nitrogens with zero attached hydrogens (tertiary/aromatic N) is 1. The van der Waals surface area contributed by atoms with Crippen LogP contribution in [0.3, 0.4) is 0 Å². The summed E-state index contributed by atoms with van der Waals surface area (Å²) >= 11 is 0. The normalized spacial score (nSPS) is 10.4. The van der Waals surface area contributed by atoms with Crippen molar-refractivity contribution in [1.29, 1.82) is 0 Å². The SMILES string of the molecule is Cc1cccc(-c2n[nH]c(C(=O)O)c2C)c1. The van der Waals surface area contributed by atoms with Crippen LogP contribution in [0.1, 0.15) is 21.6 Å². The predicted octanol–water partition coefficient (Wildman–Crippen LogP) is 2.39. The fourth-order valence-electron chi connectivity index (χ4n) is 1.68. The average molecular weight is 216 g/mol. The van der Waals surface area contributed by atoms with Gasteiger partial charge in [-0.05, 0) is 19.9 Å². The number of aromatic carboxylic acids is 1. The first-order chi connectivity index (χ1) is 7.59. The van der Waals surface area contributed by atoms with E-state index in [2.05, 4.69) is 10.2 Å². The van der Waals surface area contributed by atoms with Gasteiger partial charge >= 0.3 is 5.97 Å². The van der Waals surface area contributed by atoms with Crippen molar-refractivity contribution >= 4 is 5.97 Å². The number of carbonyl (C=O) groups is 1. The molecule has 0 spiro atoms. The number of aromatic nitrogens is 2. The number of nitrogens with one attached hydrogen (secondary N) is 1. The molecule has 0 aliphatic rings. The highest BCUT2D eigenvalue weighted by molar-refractivity contribution is 5.89. The second-order valence-corrected chi connectivity index (χ2v) is 3.75. The molecule has 1 aromatic carbocycles. The van der Waals surface area contributed by atoms with Gasteiger partial charge in [-0.25, -0.2) is 4.79 Å². The third-order valence-electron chi connectivity index (χ3n) is 2.52. The summed E-state index contributed by atoms with van der Waals surface area (Å²) in [5.41, 5.74) is 3.56. The molecule has 1 aromatic heterocycles. The van der Waals surface area contributed by atoms with Crippen molar-refractivity contribution in [3.05, 3.63) is 41.1 Å². The largest absolute Gasteiger partial charge is 0.477 e. The standard InChI is InChI=1S/C12H12N2O2/c1-7-4-3-5-9(6-7)10-8(2)11(12(15)16)14-13-10/h3-6H,1-2H3,(H,13,14)(H,15,16). The molecule has 0 unspecified atom stereocenters. The van der Waals surface area contributed by atoms with Crippen molar-refractivity contribution in [2.45, 2.75) is 13.8 Å². The highest BCUT2D eigenvalue weighted by Crippen LogP contribution is 2.23. The summed E-state index contributed by atoms with van der Waals surface area (Å²) < 4.78 is 0. The lowest BCUT2D eigenvalue weighted by molar-refractivity contribution is 0.0689. The zero-order valence-corrected chi connectivity index (χ0v) is 9.11. The number of hydrogen-bond donors (Lipinski definition) is 2. The summed E-state index contributed by atoms with van der Waals surface area (Å²) in [6.45, 7) is 3.74. The van der Waals surface area contributed by atoms with Crippen LogP contribution >= 0.6 is 0 Å². The van der Waals surface area contributed by atoms with Crippen molar-refractivity contribution in [2.24, 2.45) is 0 Å². The molecule has 0 saturated heterocycles. The van der Waals surface area contributed by atoms with Gasteiger partial charge in [-0.3, -0.25) is 5.10 Å². The van der Waals surface area contributed by atoms with Gasteiger partial charge in [0.25, 0.3) is 0 Å². The number of rotatable bonds is 2. The summed E-state index contributed by atoms with van der Waals surface area (Å²) in [6.07, 6.45) is 0. The highest BCUT2D eigenvalue weighted by atomic mass is 16.4. The first kappa shape index (κ1) is 10.4. The van der Waals surface area contributed by atoms with E-state index in [1.54, 1.807) is 6.92 Å². The molecule has 0 fully saturated rings. The number of aryl methyl sites for hydroxylation is 1. The maximum Gasteiger partial charge on any atom is 0.354 e. The molecular weight excluding hydrogens is 204 g/mol. The molecule has 2 N–H and O–H groups in total. The maximum absolute atomic E-state index is 10.9. The van der Waals surface area contributed by atoms with Crippen molar-refractivity contribution in [3.8, 4) is 11.3 Å². The van der Waals surface area contributed by atoms with Crippen LogP contribution in [-0.4, -0.2) is 21.3 Å². The number of benzene rings is 1. The molecule has 4 nitrogen and oxygen atoms in total. The van der Waals surface area contributed by atoms with E-state index in [0.29, 0.717) is 11.3 Å². The van der Waals surface area contributed by atoms with Crippen LogP contribution in [0.15, 0.2) is 24.3 Å². The van der Waals surface area contributed by atoms with Crippen molar-refractivity contribution < 1.29 is 9.90 Å². The molecule has 0 aliphatic carbocycles. The van der Waals surface area contributed by atoms with E-state index in [-0.39, 0.29) is 5.69 Å². The van der Waals surface area contributed by atoms with Gasteiger partial charge in [-0.2, -0.15) is 5.10 Å². The van der Waals surface area contributed by atoms with Crippen LogP contribution in [0.25, 0.3) is 11.3 Å². The maximum atomic E-state index is 10.9. The van der Waals surface area contributed by atoms with E-state index in [1.165, 1.54) is 0 Å². The van der Waals surface area contributed by atoms with E-state index in [1.807, 2.05) is 31.2 Å². The summed E-state index contributed by atoms with van der Waals surface area (Å²) in [5.74, 6) is -0.982. The Morgan fingerprint density at radius 2 is 2.12 bits per heavy atom. The van der Waals surface area contributed by atoms with E-state index in [0.717, 1.165) is 11.1 Å². The average Bonchev–Trinajstić information content (AvgIpc) is 2.60. The molecule has 82 valence electrons. The quantitative estimate of drug-likeness (QED) is 0.810. The zero-order valence-electron chi connectivity index (χ0n) is 9.11. The molecule has 1 heterocycles. The van der Waals surface area contributed by atoms with Gasteiger partial charge in [0.05, 0.1) is 5.69 Å². The van der Waals surface area contributed by atoms with Crippen LogP contribution < -0.4 is 0 Å². The fourth-order valence-corrected chi connectivity index (χ4v) is 1.68. The van der Waals surface area contributed by atoms with Crippen LogP contribution in [0.5, 0.6) is 0 Å². The monoisotopic (exact) mass is 216 g/mol. The van der Waals surface area contributed by atoms with Gasteiger partial charge in [-0.15, -0.1) is 0 Å². The van der Waals surface area contributed by atoms with Crippen LogP contribution in [0.4, 0.5) is 0 Å².